The van der Waals surface area contributed by atoms with Gasteiger partial charge >= 0.3 is 0 Å². The van der Waals surface area contributed by atoms with Gasteiger partial charge in [-0.25, -0.2) is 0 Å². The lowest BCUT2D eigenvalue weighted by molar-refractivity contribution is 1.55. The van der Waals surface area contributed by atoms with Gasteiger partial charge in [0, 0.05) is 15.6 Å². The first-order valence-electron chi connectivity index (χ1n) is 4.79. The van der Waals surface area contributed by atoms with Crippen LogP contribution in [0.15, 0.2) is 49.0 Å². The minimum absolute atomic E-state index is 0.616. The summed E-state index contributed by atoms with van der Waals surface area (Å²) in [7, 11) is 0. The Kier molecular flexibility index (Phi) is 3.33. The van der Waals surface area contributed by atoms with Crippen LogP contribution in [0.1, 0.15) is 11.1 Å². The molecule has 0 saturated carbocycles. The fourth-order valence-corrected chi connectivity index (χ4v) is 2.00. The molecule has 2 rings (SSSR count). The highest BCUT2D eigenvalue weighted by atomic mass is 35.5. The molecule has 1 radical (unpaired) electrons. The van der Waals surface area contributed by atoms with Crippen LogP contribution >= 0.6 is 23.2 Å². The molecule has 0 fully saturated rings. The van der Waals surface area contributed by atoms with Gasteiger partial charge in [-0.15, -0.1) is 0 Å². The second kappa shape index (κ2) is 4.73. The van der Waals surface area contributed by atoms with Crippen molar-refractivity contribution >= 4 is 28.8 Å². The topological polar surface area (TPSA) is 0 Å². The van der Waals surface area contributed by atoms with Crippen LogP contribution < -0.4 is 0 Å². The maximum absolute atomic E-state index is 6.12. The Hall–Kier alpha value is -1.24. The van der Waals surface area contributed by atoms with Gasteiger partial charge in [0.2, 0.25) is 0 Å². The molecule has 0 saturated heterocycles. The molecule has 0 nitrogen and oxygen atoms in total. The van der Waals surface area contributed by atoms with Gasteiger partial charge < -0.3 is 0 Å². The number of hydrogen-bond donors (Lipinski definition) is 0. The first-order valence-corrected chi connectivity index (χ1v) is 5.55. The summed E-state index contributed by atoms with van der Waals surface area (Å²) in [6.45, 7) is 4.04. The highest BCUT2D eigenvalue weighted by Crippen LogP contribution is 2.29. The average Bonchev–Trinajstić information content (AvgIpc) is 2.29. The number of rotatable bonds is 2. The number of benzene rings is 2. The van der Waals surface area contributed by atoms with Crippen molar-refractivity contribution in [2.45, 2.75) is 0 Å². The Morgan fingerprint density at radius 1 is 1.06 bits per heavy atom. The molecule has 0 heterocycles. The summed E-state index contributed by atoms with van der Waals surface area (Å²) >= 11 is 12.0. The van der Waals surface area contributed by atoms with Crippen molar-refractivity contribution < 1.29 is 0 Å². The normalized spacial score (nSPS) is 10.1. The SMILES string of the molecule is C=C(c1cc[c]cc1)c1ccc(Cl)cc1Cl. The van der Waals surface area contributed by atoms with Gasteiger partial charge in [0.25, 0.3) is 0 Å². The zero-order valence-corrected chi connectivity index (χ0v) is 10.0. The zero-order valence-electron chi connectivity index (χ0n) is 8.50. The molecule has 0 amide bonds. The summed E-state index contributed by atoms with van der Waals surface area (Å²) < 4.78 is 0. The van der Waals surface area contributed by atoms with Crippen molar-refractivity contribution in [1.82, 2.24) is 0 Å². The fourth-order valence-electron chi connectivity index (χ4n) is 1.48. The summed E-state index contributed by atoms with van der Waals surface area (Å²) in [5, 5.41) is 1.24. The van der Waals surface area contributed by atoms with Crippen LogP contribution in [0.3, 0.4) is 0 Å². The first-order chi connectivity index (χ1) is 7.68. The third-order valence-electron chi connectivity index (χ3n) is 2.32. The monoisotopic (exact) mass is 247 g/mol. The van der Waals surface area contributed by atoms with Gasteiger partial charge in [0.05, 0.1) is 0 Å². The predicted octanol–water partition coefficient (Wildman–Crippen LogP) is 4.86. The van der Waals surface area contributed by atoms with Gasteiger partial charge in [-0.05, 0) is 29.3 Å². The first kappa shape index (κ1) is 11.3. The summed E-state index contributed by atoms with van der Waals surface area (Å²) in [6.07, 6.45) is 0. The summed E-state index contributed by atoms with van der Waals surface area (Å²) in [6, 6.07) is 16.0. The molecule has 0 aromatic heterocycles. The lowest BCUT2D eigenvalue weighted by atomic mass is 10.00. The van der Waals surface area contributed by atoms with E-state index in [4.69, 9.17) is 23.2 Å². The van der Waals surface area contributed by atoms with Crippen LogP contribution in [-0.4, -0.2) is 0 Å². The van der Waals surface area contributed by atoms with Crippen molar-refractivity contribution in [2.75, 3.05) is 0 Å². The lowest BCUT2D eigenvalue weighted by Crippen LogP contribution is -1.87. The summed E-state index contributed by atoms with van der Waals surface area (Å²) in [5.41, 5.74) is 2.82. The molecule has 0 unspecified atom stereocenters. The van der Waals surface area contributed by atoms with Gasteiger partial charge in [0.1, 0.15) is 0 Å². The molecule has 16 heavy (non-hydrogen) atoms. The molecule has 0 spiro atoms. The smallest absolute Gasteiger partial charge is 0.0499 e. The number of halogens is 2. The van der Waals surface area contributed by atoms with Gasteiger partial charge in [0.15, 0.2) is 0 Å². The van der Waals surface area contributed by atoms with Crippen LogP contribution in [-0.2, 0) is 0 Å². The maximum Gasteiger partial charge on any atom is 0.0499 e. The minimum atomic E-state index is 0.616. The van der Waals surface area contributed by atoms with E-state index in [1.807, 2.05) is 36.4 Å². The van der Waals surface area contributed by atoms with Crippen LogP contribution in [0.2, 0.25) is 10.0 Å². The van der Waals surface area contributed by atoms with E-state index < -0.39 is 0 Å². The van der Waals surface area contributed by atoms with Gasteiger partial charge in [-0.2, -0.15) is 0 Å². The average molecular weight is 248 g/mol. The van der Waals surface area contributed by atoms with Crippen LogP contribution in [0.5, 0.6) is 0 Å². The fraction of sp³-hybridized carbons (Fsp3) is 0. The molecular formula is C14H9Cl2. The second-order valence-electron chi connectivity index (χ2n) is 3.39. The van der Waals surface area contributed by atoms with E-state index in [0.717, 1.165) is 16.7 Å². The van der Waals surface area contributed by atoms with E-state index >= 15 is 0 Å². The van der Waals surface area contributed by atoms with Crippen molar-refractivity contribution in [2.24, 2.45) is 0 Å². The van der Waals surface area contributed by atoms with Crippen LogP contribution in [0, 0.1) is 6.07 Å². The quantitative estimate of drug-likeness (QED) is 0.712. The van der Waals surface area contributed by atoms with Crippen molar-refractivity contribution in [3.63, 3.8) is 0 Å². The van der Waals surface area contributed by atoms with Crippen molar-refractivity contribution in [3.05, 3.63) is 76.3 Å². The van der Waals surface area contributed by atoms with Crippen LogP contribution in [0.4, 0.5) is 0 Å². The Labute approximate surface area is 105 Å². The number of hydrogen-bond acceptors (Lipinski definition) is 0. The molecule has 0 atom stereocenters. The Morgan fingerprint density at radius 3 is 2.38 bits per heavy atom. The zero-order chi connectivity index (χ0) is 11.5. The minimum Gasteiger partial charge on any atom is -0.0905 e. The van der Waals surface area contributed by atoms with E-state index in [1.165, 1.54) is 0 Å². The molecule has 2 aromatic carbocycles. The maximum atomic E-state index is 6.12. The van der Waals surface area contributed by atoms with Crippen LogP contribution in [0.25, 0.3) is 5.57 Å². The van der Waals surface area contributed by atoms with E-state index in [1.54, 1.807) is 6.07 Å². The molecular weight excluding hydrogens is 239 g/mol. The molecule has 0 aliphatic carbocycles. The van der Waals surface area contributed by atoms with Gasteiger partial charge in [-0.3, -0.25) is 0 Å². The highest BCUT2D eigenvalue weighted by molar-refractivity contribution is 6.35. The second-order valence-corrected chi connectivity index (χ2v) is 4.24. The molecule has 2 heteroatoms. The van der Waals surface area contributed by atoms with E-state index in [-0.39, 0.29) is 0 Å². The van der Waals surface area contributed by atoms with Gasteiger partial charge in [-0.1, -0.05) is 60.1 Å². The van der Waals surface area contributed by atoms with Crippen molar-refractivity contribution in [1.29, 1.82) is 0 Å². The van der Waals surface area contributed by atoms with E-state index in [0.29, 0.717) is 10.0 Å². The van der Waals surface area contributed by atoms with E-state index in [2.05, 4.69) is 12.6 Å². The lowest BCUT2D eigenvalue weighted by Gasteiger charge is -2.08. The van der Waals surface area contributed by atoms with Crippen molar-refractivity contribution in [3.8, 4) is 0 Å². The molecule has 79 valence electrons. The molecule has 2 aromatic rings. The summed E-state index contributed by atoms with van der Waals surface area (Å²) in [4.78, 5) is 0. The predicted molar refractivity (Wildman–Crippen MR) is 69.9 cm³/mol. The molecule has 0 aliphatic heterocycles. The Morgan fingerprint density at radius 2 is 1.75 bits per heavy atom. The molecule has 0 aliphatic rings. The third kappa shape index (κ3) is 2.29. The standard InChI is InChI=1S/C14H9Cl2/c1-10(11-5-3-2-4-6-11)13-8-7-12(15)9-14(13)16/h3-9H,1H2. The molecule has 0 bridgehead atoms. The third-order valence-corrected chi connectivity index (χ3v) is 2.87. The van der Waals surface area contributed by atoms with E-state index in [9.17, 15) is 0 Å². The Bertz CT molecular complexity index is 516. The summed E-state index contributed by atoms with van der Waals surface area (Å²) in [5.74, 6) is 0. The largest absolute Gasteiger partial charge is 0.0905 e. The highest BCUT2D eigenvalue weighted by Gasteiger charge is 2.06. The molecule has 0 N–H and O–H groups in total. The Balaban J connectivity index is 2.42.